The summed E-state index contributed by atoms with van der Waals surface area (Å²) in [6.07, 6.45) is 5.41. The van der Waals surface area contributed by atoms with E-state index in [0.717, 1.165) is 56.1 Å². The Morgan fingerprint density at radius 1 is 0.964 bits per heavy atom. The highest BCUT2D eigenvalue weighted by Crippen LogP contribution is 2.34. The van der Waals surface area contributed by atoms with Crippen LogP contribution in [0.4, 0.5) is 0 Å². The maximum atomic E-state index is 12.8. The lowest BCUT2D eigenvalue weighted by Crippen LogP contribution is -2.46. The lowest BCUT2D eigenvalue weighted by molar-refractivity contribution is -0.133. The second-order valence-electron chi connectivity index (χ2n) is 9.67. The first-order chi connectivity index (χ1) is 13.4. The Bertz CT molecular complexity index is 888. The number of likely N-dealkylation sites (tertiary alicyclic amines) is 2. The molecule has 5 rings (SSSR count). The summed E-state index contributed by atoms with van der Waals surface area (Å²) < 4.78 is 1.94. The van der Waals surface area contributed by atoms with Crippen LogP contribution in [0, 0.1) is 0 Å². The van der Waals surface area contributed by atoms with E-state index in [9.17, 15) is 4.79 Å². The monoisotopic (exact) mass is 382 g/mol. The van der Waals surface area contributed by atoms with E-state index in [-0.39, 0.29) is 11.5 Å². The van der Waals surface area contributed by atoms with Crippen molar-refractivity contribution in [3.8, 4) is 0 Å². The zero-order valence-corrected chi connectivity index (χ0v) is 17.1. The summed E-state index contributed by atoms with van der Waals surface area (Å²) in [6.45, 7) is 9.37. The minimum atomic E-state index is -0.00460. The largest absolute Gasteiger partial charge is 0.338 e. The molecule has 7 heteroatoms. The van der Waals surface area contributed by atoms with Gasteiger partial charge in [0.25, 0.3) is 0 Å². The Labute approximate surface area is 166 Å². The van der Waals surface area contributed by atoms with E-state index in [1.165, 1.54) is 12.8 Å². The number of nitrogens with zero attached hydrogens (tertiary/aromatic N) is 6. The van der Waals surface area contributed by atoms with Crippen molar-refractivity contribution in [3.05, 3.63) is 23.7 Å². The molecule has 2 saturated heterocycles. The van der Waals surface area contributed by atoms with Crippen LogP contribution >= 0.6 is 0 Å². The molecule has 150 valence electrons. The van der Waals surface area contributed by atoms with Gasteiger partial charge in [0.2, 0.25) is 5.91 Å². The highest BCUT2D eigenvalue weighted by Gasteiger charge is 2.43. The standard InChI is InChI=1S/C21H30N6O/c1-21(2,3)17-6-7-18-22-23-19(27(18)24-17)14-8-11-25(12-9-14)16-10-13-26(20(16)28)15-4-5-15/h6-7,14-16H,4-5,8-13H2,1-3H3. The van der Waals surface area contributed by atoms with E-state index in [1.54, 1.807) is 0 Å². The summed E-state index contributed by atoms with van der Waals surface area (Å²) in [6, 6.07) is 4.71. The first-order valence-electron chi connectivity index (χ1n) is 10.7. The summed E-state index contributed by atoms with van der Waals surface area (Å²) in [5.74, 6) is 1.69. The SMILES string of the molecule is CC(C)(C)c1ccc2nnc(C3CCN(C4CCN(C5CC5)C4=O)CC3)n2n1. The Morgan fingerprint density at radius 3 is 2.39 bits per heavy atom. The van der Waals surface area contributed by atoms with Crippen LogP contribution in [0.5, 0.6) is 0 Å². The average molecular weight is 383 g/mol. The number of fused-ring (bicyclic) bond motifs is 1. The molecule has 1 saturated carbocycles. The van der Waals surface area contributed by atoms with Gasteiger partial charge in [-0.2, -0.15) is 9.61 Å². The summed E-state index contributed by atoms with van der Waals surface area (Å²) in [7, 11) is 0. The number of hydrogen-bond donors (Lipinski definition) is 0. The fourth-order valence-electron chi connectivity index (χ4n) is 4.70. The number of rotatable bonds is 3. The van der Waals surface area contributed by atoms with Crippen molar-refractivity contribution >= 4 is 11.6 Å². The van der Waals surface area contributed by atoms with E-state index in [2.05, 4.69) is 40.8 Å². The summed E-state index contributed by atoms with van der Waals surface area (Å²) in [4.78, 5) is 17.3. The molecular weight excluding hydrogens is 352 g/mol. The summed E-state index contributed by atoms with van der Waals surface area (Å²) in [5, 5.41) is 13.7. The second-order valence-corrected chi connectivity index (χ2v) is 9.67. The first kappa shape index (κ1) is 18.0. The molecule has 1 aliphatic carbocycles. The van der Waals surface area contributed by atoms with Gasteiger partial charge in [-0.15, -0.1) is 10.2 Å². The topological polar surface area (TPSA) is 66.6 Å². The van der Waals surface area contributed by atoms with E-state index in [1.807, 2.05) is 16.6 Å². The molecular formula is C21H30N6O. The molecule has 0 aromatic carbocycles. The molecule has 1 amide bonds. The molecule has 0 spiro atoms. The Balaban J connectivity index is 1.30. The van der Waals surface area contributed by atoms with Crippen LogP contribution in [0.25, 0.3) is 5.65 Å². The highest BCUT2D eigenvalue weighted by atomic mass is 16.2. The van der Waals surface area contributed by atoms with Gasteiger partial charge in [0.1, 0.15) is 0 Å². The van der Waals surface area contributed by atoms with Crippen LogP contribution in [0.1, 0.15) is 70.3 Å². The van der Waals surface area contributed by atoms with Crippen molar-refractivity contribution in [3.63, 3.8) is 0 Å². The van der Waals surface area contributed by atoms with Gasteiger partial charge in [0, 0.05) is 23.9 Å². The summed E-state index contributed by atoms with van der Waals surface area (Å²) in [5.41, 5.74) is 1.86. The molecule has 7 nitrogen and oxygen atoms in total. The number of carbonyl (C=O) groups is 1. The van der Waals surface area contributed by atoms with Gasteiger partial charge in [-0.25, -0.2) is 0 Å². The quantitative estimate of drug-likeness (QED) is 0.815. The van der Waals surface area contributed by atoms with Gasteiger partial charge in [0.15, 0.2) is 11.5 Å². The fraction of sp³-hybridized carbons (Fsp3) is 0.714. The molecule has 1 atom stereocenters. The number of amides is 1. The molecule has 1 unspecified atom stereocenters. The fourth-order valence-corrected chi connectivity index (χ4v) is 4.70. The van der Waals surface area contributed by atoms with Gasteiger partial charge in [-0.3, -0.25) is 9.69 Å². The molecule has 0 radical (unpaired) electrons. The second kappa shape index (κ2) is 6.51. The minimum Gasteiger partial charge on any atom is -0.338 e. The number of carbonyl (C=O) groups excluding carboxylic acids is 1. The smallest absolute Gasteiger partial charge is 0.240 e. The maximum Gasteiger partial charge on any atom is 0.240 e. The van der Waals surface area contributed by atoms with Crippen LogP contribution in [0.15, 0.2) is 12.1 Å². The molecule has 0 N–H and O–H groups in total. The number of aromatic nitrogens is 4. The first-order valence-corrected chi connectivity index (χ1v) is 10.7. The Hall–Kier alpha value is -2.02. The van der Waals surface area contributed by atoms with Crippen molar-refractivity contribution in [2.45, 2.75) is 76.3 Å². The van der Waals surface area contributed by atoms with Gasteiger partial charge >= 0.3 is 0 Å². The summed E-state index contributed by atoms with van der Waals surface area (Å²) >= 11 is 0. The van der Waals surface area contributed by atoms with Gasteiger partial charge in [0.05, 0.1) is 11.7 Å². The molecule has 28 heavy (non-hydrogen) atoms. The third-order valence-corrected chi connectivity index (χ3v) is 6.59. The molecule has 4 heterocycles. The normalized spacial score (nSPS) is 25.2. The molecule has 2 aromatic rings. The molecule has 3 aliphatic rings. The van der Waals surface area contributed by atoms with Crippen molar-refractivity contribution in [2.75, 3.05) is 19.6 Å². The van der Waals surface area contributed by atoms with Crippen molar-refractivity contribution in [1.29, 1.82) is 0 Å². The molecule has 2 aromatic heterocycles. The predicted octanol–water partition coefficient (Wildman–Crippen LogP) is 2.36. The maximum absolute atomic E-state index is 12.8. The van der Waals surface area contributed by atoms with Gasteiger partial charge in [-0.05, 0) is 57.3 Å². The van der Waals surface area contributed by atoms with Crippen LogP contribution in [0.2, 0.25) is 0 Å². The van der Waals surface area contributed by atoms with Crippen LogP contribution in [-0.2, 0) is 10.2 Å². The van der Waals surface area contributed by atoms with Crippen molar-refractivity contribution in [1.82, 2.24) is 29.6 Å². The zero-order chi connectivity index (χ0) is 19.5. The lowest BCUT2D eigenvalue weighted by Gasteiger charge is -2.34. The van der Waals surface area contributed by atoms with E-state index in [0.29, 0.717) is 17.9 Å². The third kappa shape index (κ3) is 3.09. The lowest BCUT2D eigenvalue weighted by atomic mass is 9.92. The van der Waals surface area contributed by atoms with Gasteiger partial charge < -0.3 is 4.90 Å². The number of piperidine rings is 1. The highest BCUT2D eigenvalue weighted by molar-refractivity contribution is 5.84. The average Bonchev–Trinajstić information content (AvgIpc) is 3.31. The Kier molecular flexibility index (Phi) is 4.19. The van der Waals surface area contributed by atoms with Crippen LogP contribution < -0.4 is 0 Å². The van der Waals surface area contributed by atoms with E-state index < -0.39 is 0 Å². The molecule has 2 aliphatic heterocycles. The molecule has 3 fully saturated rings. The number of hydrogen-bond acceptors (Lipinski definition) is 5. The van der Waals surface area contributed by atoms with Gasteiger partial charge in [-0.1, -0.05) is 20.8 Å². The predicted molar refractivity (Wildman–Crippen MR) is 106 cm³/mol. The Morgan fingerprint density at radius 2 is 1.71 bits per heavy atom. The third-order valence-electron chi connectivity index (χ3n) is 6.59. The van der Waals surface area contributed by atoms with Crippen LogP contribution in [-0.4, -0.2) is 67.2 Å². The minimum absolute atomic E-state index is 0.00460. The van der Waals surface area contributed by atoms with Crippen LogP contribution in [0.3, 0.4) is 0 Å². The van der Waals surface area contributed by atoms with Crippen molar-refractivity contribution < 1.29 is 4.79 Å². The zero-order valence-electron chi connectivity index (χ0n) is 17.1. The van der Waals surface area contributed by atoms with E-state index >= 15 is 0 Å². The molecule has 0 bridgehead atoms. The van der Waals surface area contributed by atoms with E-state index in [4.69, 9.17) is 5.10 Å². The van der Waals surface area contributed by atoms with Crippen molar-refractivity contribution in [2.24, 2.45) is 0 Å².